The van der Waals surface area contributed by atoms with Crippen LogP contribution in [-0.4, -0.2) is 42.9 Å². The summed E-state index contributed by atoms with van der Waals surface area (Å²) in [5.41, 5.74) is 1.31. The SMILES string of the molecule is CCCCCCCCCCCCCCCC(=O)N[C@H](/C=C/P(=O)(OCC)OCC)Cc1ccc(OCc2cc(OCC(F)(F)F)ccn2)cc1. The highest BCUT2D eigenvalue weighted by Crippen LogP contribution is 2.49. The zero-order chi connectivity index (χ0) is 36.5. The molecule has 0 aliphatic carbocycles. The summed E-state index contributed by atoms with van der Waals surface area (Å²) in [5, 5.41) is 3.07. The lowest BCUT2D eigenvalue weighted by Gasteiger charge is -2.18. The number of rotatable bonds is 28. The van der Waals surface area contributed by atoms with E-state index in [1.807, 2.05) is 12.1 Å². The third-order valence-electron chi connectivity index (χ3n) is 7.93. The van der Waals surface area contributed by atoms with Crippen LogP contribution in [0.3, 0.4) is 0 Å². The summed E-state index contributed by atoms with van der Waals surface area (Å²) in [6.07, 6.45) is 15.5. The van der Waals surface area contributed by atoms with E-state index in [4.69, 9.17) is 18.5 Å². The molecule has 0 fully saturated rings. The Bertz CT molecular complexity index is 1270. The highest BCUT2D eigenvalue weighted by molar-refractivity contribution is 7.57. The van der Waals surface area contributed by atoms with Gasteiger partial charge in [-0.05, 0) is 50.5 Å². The van der Waals surface area contributed by atoms with Crippen LogP contribution in [0.1, 0.15) is 122 Å². The number of aromatic nitrogens is 1. The topological polar surface area (TPSA) is 96.0 Å². The number of nitrogens with zero attached hydrogens (tertiary/aromatic N) is 1. The van der Waals surface area contributed by atoms with Crippen molar-refractivity contribution in [3.63, 3.8) is 0 Å². The Morgan fingerprint density at radius 1 is 0.820 bits per heavy atom. The van der Waals surface area contributed by atoms with E-state index in [9.17, 15) is 22.5 Å². The molecule has 1 aromatic heterocycles. The largest absolute Gasteiger partial charge is 0.487 e. The van der Waals surface area contributed by atoms with Crippen molar-refractivity contribution < 1.29 is 41.1 Å². The minimum Gasteiger partial charge on any atom is -0.487 e. The van der Waals surface area contributed by atoms with Gasteiger partial charge in [-0.1, -0.05) is 102 Å². The highest BCUT2D eigenvalue weighted by atomic mass is 31.2. The van der Waals surface area contributed by atoms with Gasteiger partial charge in [-0.25, -0.2) is 0 Å². The van der Waals surface area contributed by atoms with Crippen molar-refractivity contribution in [1.82, 2.24) is 10.3 Å². The number of hydrogen-bond donors (Lipinski definition) is 1. The summed E-state index contributed by atoms with van der Waals surface area (Å²) in [4.78, 5) is 17.1. The number of amides is 1. The van der Waals surface area contributed by atoms with E-state index in [2.05, 4.69) is 17.2 Å². The van der Waals surface area contributed by atoms with Crippen molar-refractivity contribution >= 4 is 13.5 Å². The summed E-state index contributed by atoms with van der Waals surface area (Å²) in [5.74, 6) is 1.94. The molecule has 1 heterocycles. The molecule has 0 saturated heterocycles. The summed E-state index contributed by atoms with van der Waals surface area (Å²) in [6, 6.07) is 9.55. The van der Waals surface area contributed by atoms with E-state index in [0.29, 0.717) is 24.3 Å². The fraction of sp³-hybridized carbons (Fsp3) is 0.632. The molecule has 50 heavy (non-hydrogen) atoms. The summed E-state index contributed by atoms with van der Waals surface area (Å²) in [7, 11) is -3.46. The van der Waals surface area contributed by atoms with Gasteiger partial charge in [0.05, 0.1) is 24.9 Å². The Morgan fingerprint density at radius 3 is 1.96 bits per heavy atom. The van der Waals surface area contributed by atoms with E-state index in [1.165, 1.54) is 88.4 Å². The maximum absolute atomic E-state index is 13.1. The fourth-order valence-electron chi connectivity index (χ4n) is 5.36. The second-order valence-electron chi connectivity index (χ2n) is 12.4. The first-order valence-corrected chi connectivity index (χ1v) is 19.9. The monoisotopic (exact) mass is 726 g/mol. The van der Waals surface area contributed by atoms with Gasteiger partial charge in [-0.2, -0.15) is 13.2 Å². The second-order valence-corrected chi connectivity index (χ2v) is 14.3. The fourth-order valence-corrected chi connectivity index (χ4v) is 6.75. The van der Waals surface area contributed by atoms with Crippen LogP contribution in [-0.2, 0) is 31.4 Å². The first-order valence-electron chi connectivity index (χ1n) is 18.3. The van der Waals surface area contributed by atoms with Gasteiger partial charge in [0.25, 0.3) is 0 Å². The average Bonchev–Trinajstić information content (AvgIpc) is 3.08. The molecular formula is C38H58F3N2O6P. The number of carbonyl (C=O) groups is 1. The number of benzene rings is 1. The number of halogens is 3. The Morgan fingerprint density at radius 2 is 1.40 bits per heavy atom. The van der Waals surface area contributed by atoms with Crippen molar-refractivity contribution in [3.05, 3.63) is 65.7 Å². The molecule has 282 valence electrons. The van der Waals surface area contributed by atoms with Gasteiger partial charge in [0.15, 0.2) is 6.61 Å². The van der Waals surface area contributed by atoms with Gasteiger partial charge in [-0.15, -0.1) is 0 Å². The van der Waals surface area contributed by atoms with Crippen LogP contribution in [0.4, 0.5) is 13.2 Å². The molecule has 12 heteroatoms. The number of unbranched alkanes of at least 4 members (excludes halogenated alkanes) is 12. The standard InChI is InChI=1S/C38H58F3N2O6P/c1-4-7-8-9-10-11-12-13-14-15-16-17-18-19-37(44)43-33(25-27-50(45,48-5-2)49-6-3)28-32-20-22-35(23-21-32)46-30-34-29-36(24-26-42-34)47-31-38(39,40)41/h20-27,29,33H,4-19,28,30-31H2,1-3H3,(H,43,44)/b27-25+/t33-/m1/s1. The van der Waals surface area contributed by atoms with Gasteiger partial charge in [0.2, 0.25) is 5.91 Å². The maximum Gasteiger partial charge on any atom is 0.422 e. The average molecular weight is 727 g/mol. The van der Waals surface area contributed by atoms with Crippen molar-refractivity contribution in [2.24, 2.45) is 0 Å². The molecule has 0 bridgehead atoms. The molecular weight excluding hydrogens is 668 g/mol. The quantitative estimate of drug-likeness (QED) is 0.0689. The van der Waals surface area contributed by atoms with Crippen LogP contribution in [0, 0.1) is 0 Å². The number of nitrogens with one attached hydrogen (secondary N) is 1. The third-order valence-corrected chi connectivity index (χ3v) is 9.70. The van der Waals surface area contributed by atoms with Crippen LogP contribution in [0.15, 0.2) is 54.5 Å². The van der Waals surface area contributed by atoms with E-state index in [0.717, 1.165) is 24.8 Å². The van der Waals surface area contributed by atoms with Crippen molar-refractivity contribution in [1.29, 1.82) is 0 Å². The predicted molar refractivity (Wildman–Crippen MR) is 193 cm³/mol. The number of hydrogen-bond acceptors (Lipinski definition) is 7. The summed E-state index contributed by atoms with van der Waals surface area (Å²) >= 11 is 0. The molecule has 0 radical (unpaired) electrons. The smallest absolute Gasteiger partial charge is 0.422 e. The van der Waals surface area contributed by atoms with E-state index in [-0.39, 0.29) is 31.5 Å². The van der Waals surface area contributed by atoms with Crippen LogP contribution < -0.4 is 14.8 Å². The minimum atomic E-state index is -4.43. The first-order chi connectivity index (χ1) is 24.1. The molecule has 1 aromatic carbocycles. The molecule has 2 rings (SSSR count). The predicted octanol–water partition coefficient (Wildman–Crippen LogP) is 10.9. The first kappa shape index (κ1) is 43.3. The van der Waals surface area contributed by atoms with Crippen molar-refractivity contribution in [2.75, 3.05) is 19.8 Å². The van der Waals surface area contributed by atoms with Crippen molar-refractivity contribution in [2.45, 2.75) is 136 Å². The third kappa shape index (κ3) is 20.7. The lowest BCUT2D eigenvalue weighted by Crippen LogP contribution is -2.34. The van der Waals surface area contributed by atoms with Crippen molar-refractivity contribution in [3.8, 4) is 11.5 Å². The number of carbonyl (C=O) groups excluding carboxylic acids is 1. The summed E-state index contributed by atoms with van der Waals surface area (Å²) < 4.78 is 71.9. The molecule has 2 aromatic rings. The molecule has 1 atom stereocenters. The maximum atomic E-state index is 13.1. The molecule has 0 saturated carbocycles. The highest BCUT2D eigenvalue weighted by Gasteiger charge is 2.28. The normalized spacial score (nSPS) is 12.7. The van der Waals surface area contributed by atoms with Crippen LogP contribution in [0.2, 0.25) is 0 Å². The van der Waals surface area contributed by atoms with Gasteiger partial charge in [0.1, 0.15) is 18.1 Å². The number of ether oxygens (including phenoxy) is 2. The Balaban J connectivity index is 1.87. The van der Waals surface area contributed by atoms with Crippen LogP contribution in [0.5, 0.6) is 11.5 Å². The molecule has 0 spiro atoms. The molecule has 8 nitrogen and oxygen atoms in total. The van der Waals surface area contributed by atoms with E-state index >= 15 is 0 Å². The Kier molecular flexibility index (Phi) is 21.8. The van der Waals surface area contributed by atoms with Gasteiger partial charge >= 0.3 is 13.8 Å². The molecule has 1 amide bonds. The van der Waals surface area contributed by atoms with E-state index < -0.39 is 26.4 Å². The number of pyridine rings is 1. The zero-order valence-corrected chi connectivity index (χ0v) is 31.1. The lowest BCUT2D eigenvalue weighted by molar-refractivity contribution is -0.153. The number of alkyl halides is 3. The van der Waals surface area contributed by atoms with Crippen LogP contribution in [0.25, 0.3) is 0 Å². The molecule has 1 N–H and O–H groups in total. The Hall–Kier alpha value is -2.88. The minimum absolute atomic E-state index is 0.0350. The Labute approximate surface area is 297 Å². The zero-order valence-electron chi connectivity index (χ0n) is 30.2. The van der Waals surface area contributed by atoms with Gasteiger partial charge < -0.3 is 23.8 Å². The lowest BCUT2D eigenvalue weighted by atomic mass is 10.0. The van der Waals surface area contributed by atoms with Crippen LogP contribution >= 0.6 is 7.60 Å². The molecule has 0 aliphatic rings. The van der Waals surface area contributed by atoms with E-state index in [1.54, 1.807) is 32.1 Å². The summed E-state index contributed by atoms with van der Waals surface area (Å²) in [6.45, 7) is 4.82. The van der Waals surface area contributed by atoms with Gasteiger partial charge in [0, 0.05) is 24.5 Å². The second kappa shape index (κ2) is 25.1. The molecule has 0 unspecified atom stereocenters. The van der Waals surface area contributed by atoms with Gasteiger partial charge in [-0.3, -0.25) is 14.3 Å². The molecule has 0 aliphatic heterocycles.